The molecule has 1 N–H and O–H groups in total. The molecule has 1 aliphatic rings. The van der Waals surface area contributed by atoms with Crippen LogP contribution in [-0.2, 0) is 13.8 Å². The summed E-state index contributed by atoms with van der Waals surface area (Å²) >= 11 is 0. The summed E-state index contributed by atoms with van der Waals surface area (Å²) in [5.74, 6) is -1.28. The van der Waals surface area contributed by atoms with Gasteiger partial charge in [0, 0.05) is 0 Å². The minimum absolute atomic E-state index is 0.349. The van der Waals surface area contributed by atoms with E-state index in [0.29, 0.717) is 13.2 Å². The Kier molecular flexibility index (Phi) is 2.70. The van der Waals surface area contributed by atoms with Crippen LogP contribution in [-0.4, -0.2) is 30.0 Å². The molecule has 66 valence electrons. The van der Waals surface area contributed by atoms with Crippen molar-refractivity contribution < 1.29 is 18.9 Å². The molecule has 1 aliphatic heterocycles. The van der Waals surface area contributed by atoms with Crippen molar-refractivity contribution in [2.75, 3.05) is 13.2 Å². The molecule has 0 aromatic rings. The van der Waals surface area contributed by atoms with Crippen LogP contribution >= 0.6 is 7.37 Å². The highest BCUT2D eigenvalue weighted by Gasteiger charge is 2.47. The van der Waals surface area contributed by atoms with E-state index in [0.717, 1.165) is 0 Å². The minimum atomic E-state index is -2.92. The predicted octanol–water partition coefficient (Wildman–Crippen LogP) is 0.996. The van der Waals surface area contributed by atoms with Crippen LogP contribution in [0.2, 0.25) is 0 Å². The zero-order valence-electron chi connectivity index (χ0n) is 6.69. The van der Waals surface area contributed by atoms with E-state index in [2.05, 4.69) is 0 Å². The van der Waals surface area contributed by atoms with Gasteiger partial charge in [0.1, 0.15) is 5.85 Å². The molecule has 1 rings (SSSR count). The smallest absolute Gasteiger partial charge is 0.260 e. The summed E-state index contributed by atoms with van der Waals surface area (Å²) in [5.41, 5.74) is 0. The number of hydrogen-bond acceptors (Lipinski definition) is 4. The van der Waals surface area contributed by atoms with Crippen LogP contribution in [0.15, 0.2) is 0 Å². The van der Waals surface area contributed by atoms with Gasteiger partial charge in [0.15, 0.2) is 5.85 Å². The molecule has 0 bridgehead atoms. The maximum atomic E-state index is 11.7. The molecule has 0 aromatic heterocycles. The zero-order chi connectivity index (χ0) is 8.48. The largest absolute Gasteiger partial charge is 0.383 e. The molecule has 1 fully saturated rings. The minimum Gasteiger partial charge on any atom is -0.383 e. The lowest BCUT2D eigenvalue weighted by Crippen LogP contribution is -2.09. The molecule has 11 heavy (non-hydrogen) atoms. The second-order valence-electron chi connectivity index (χ2n) is 2.48. The summed E-state index contributed by atoms with van der Waals surface area (Å²) in [6.07, 6.45) is 0. The highest BCUT2D eigenvalue weighted by atomic mass is 31.2. The molecule has 0 aromatic carbocycles. The van der Waals surface area contributed by atoms with Crippen molar-refractivity contribution in [1.29, 1.82) is 0 Å². The first-order chi connectivity index (χ1) is 5.11. The monoisotopic (exact) mass is 180 g/mol. The summed E-state index contributed by atoms with van der Waals surface area (Å²) in [7, 11) is -2.92. The first-order valence-corrected chi connectivity index (χ1v) is 5.41. The maximum Gasteiger partial charge on any atom is 0.260 e. The van der Waals surface area contributed by atoms with E-state index in [1.807, 2.05) is 0 Å². The first kappa shape index (κ1) is 9.20. The van der Waals surface area contributed by atoms with Gasteiger partial charge in [-0.3, -0.25) is 4.57 Å². The lowest BCUT2D eigenvalue weighted by atomic mass is 10.9. The van der Waals surface area contributed by atoms with Crippen LogP contribution in [0.3, 0.4) is 0 Å². The lowest BCUT2D eigenvalue weighted by Gasteiger charge is -2.17. The molecule has 0 saturated carbocycles. The van der Waals surface area contributed by atoms with Gasteiger partial charge in [-0.25, -0.2) is 0 Å². The molecule has 0 spiro atoms. The molecule has 0 aliphatic carbocycles. The maximum absolute atomic E-state index is 11.7. The van der Waals surface area contributed by atoms with Crippen LogP contribution in [0.25, 0.3) is 0 Å². The summed E-state index contributed by atoms with van der Waals surface area (Å²) < 4.78 is 21.5. The molecule has 0 radical (unpaired) electrons. The predicted molar refractivity (Wildman–Crippen MR) is 40.7 cm³/mol. The van der Waals surface area contributed by atoms with E-state index in [-0.39, 0.29) is 5.85 Å². The Morgan fingerprint density at radius 2 is 2.45 bits per heavy atom. The third kappa shape index (κ3) is 1.82. The van der Waals surface area contributed by atoms with E-state index in [1.165, 1.54) is 6.92 Å². The van der Waals surface area contributed by atoms with Crippen molar-refractivity contribution in [3.63, 3.8) is 0 Å². The summed E-state index contributed by atoms with van der Waals surface area (Å²) in [4.78, 5) is 0. The van der Waals surface area contributed by atoms with Crippen molar-refractivity contribution in [2.45, 2.75) is 25.5 Å². The topological polar surface area (TPSA) is 59.1 Å². The number of aliphatic hydroxyl groups is 1. The quantitative estimate of drug-likeness (QED) is 0.517. The van der Waals surface area contributed by atoms with Gasteiger partial charge in [-0.15, -0.1) is 0 Å². The number of ether oxygens (including phenoxy) is 1. The van der Waals surface area contributed by atoms with E-state index in [4.69, 9.17) is 14.4 Å². The van der Waals surface area contributed by atoms with Crippen molar-refractivity contribution in [2.24, 2.45) is 0 Å². The third-order valence-electron chi connectivity index (χ3n) is 1.57. The Morgan fingerprint density at radius 3 is 2.73 bits per heavy atom. The van der Waals surface area contributed by atoms with Gasteiger partial charge in [0.2, 0.25) is 0 Å². The summed E-state index contributed by atoms with van der Waals surface area (Å²) in [6, 6.07) is 0. The molecule has 3 atom stereocenters. The van der Waals surface area contributed by atoms with Gasteiger partial charge < -0.3 is 14.4 Å². The second kappa shape index (κ2) is 3.23. The fourth-order valence-corrected chi connectivity index (χ4v) is 2.65. The molecular weight excluding hydrogens is 167 g/mol. The van der Waals surface area contributed by atoms with Crippen molar-refractivity contribution in [3.8, 4) is 0 Å². The molecule has 5 heteroatoms. The van der Waals surface area contributed by atoms with Crippen molar-refractivity contribution in [1.82, 2.24) is 0 Å². The highest BCUT2D eigenvalue weighted by molar-refractivity contribution is 7.60. The summed E-state index contributed by atoms with van der Waals surface area (Å²) in [6.45, 7) is 4.01. The number of aliphatic hydroxyl groups excluding tert-OH is 1. The second-order valence-corrected chi connectivity index (χ2v) is 5.35. The first-order valence-electron chi connectivity index (χ1n) is 3.65. The van der Waals surface area contributed by atoms with Crippen molar-refractivity contribution in [3.05, 3.63) is 0 Å². The van der Waals surface area contributed by atoms with Gasteiger partial charge in [0.25, 0.3) is 7.37 Å². The van der Waals surface area contributed by atoms with E-state index in [9.17, 15) is 4.57 Å². The van der Waals surface area contributed by atoms with Gasteiger partial charge in [-0.05, 0) is 13.8 Å². The van der Waals surface area contributed by atoms with Gasteiger partial charge in [0.05, 0.1) is 13.2 Å². The Bertz CT molecular complexity index is 169. The number of hydrogen-bond donors (Lipinski definition) is 1. The molecule has 3 unspecified atom stereocenters. The average Bonchev–Trinajstić information content (AvgIpc) is 2.68. The van der Waals surface area contributed by atoms with Crippen LogP contribution < -0.4 is 0 Å². The van der Waals surface area contributed by atoms with Gasteiger partial charge >= 0.3 is 0 Å². The fourth-order valence-electron chi connectivity index (χ4n) is 0.884. The summed E-state index contributed by atoms with van der Waals surface area (Å²) in [5, 5.41) is 9.14. The van der Waals surface area contributed by atoms with E-state index in [1.54, 1.807) is 6.92 Å². The van der Waals surface area contributed by atoms with Crippen LogP contribution in [0.1, 0.15) is 13.8 Å². The molecule has 1 saturated heterocycles. The van der Waals surface area contributed by atoms with Crippen molar-refractivity contribution >= 4 is 7.37 Å². The Labute approximate surface area is 66.0 Å². The van der Waals surface area contributed by atoms with Crippen LogP contribution in [0.4, 0.5) is 0 Å². The lowest BCUT2D eigenvalue weighted by molar-refractivity contribution is 0.218. The SMILES string of the molecule is CCOP(=O)(C(C)O)C1CO1. The highest BCUT2D eigenvalue weighted by Crippen LogP contribution is 2.60. The Balaban J connectivity index is 2.61. The van der Waals surface area contributed by atoms with Gasteiger partial charge in [-0.1, -0.05) is 0 Å². The molecule has 0 amide bonds. The van der Waals surface area contributed by atoms with E-state index < -0.39 is 13.2 Å². The van der Waals surface area contributed by atoms with Crippen LogP contribution in [0.5, 0.6) is 0 Å². The molecule has 1 heterocycles. The standard InChI is InChI=1S/C6H13O4P/c1-3-10-11(8,5(2)7)6-4-9-6/h5-7H,3-4H2,1-2H3. The number of epoxide rings is 1. The normalized spacial score (nSPS) is 31.0. The van der Waals surface area contributed by atoms with Gasteiger partial charge in [-0.2, -0.15) is 0 Å². The molecular formula is C6H13O4P. The Morgan fingerprint density at radius 1 is 1.91 bits per heavy atom. The van der Waals surface area contributed by atoms with E-state index >= 15 is 0 Å². The van der Waals surface area contributed by atoms with Crippen LogP contribution in [0, 0.1) is 0 Å². The third-order valence-corrected chi connectivity index (χ3v) is 4.37. The average molecular weight is 180 g/mol. The Hall–Kier alpha value is 0.110. The zero-order valence-corrected chi connectivity index (χ0v) is 7.58. The number of rotatable bonds is 4. The fraction of sp³-hybridized carbons (Fsp3) is 1.00. The molecule has 4 nitrogen and oxygen atoms in total.